The van der Waals surface area contributed by atoms with E-state index in [4.69, 9.17) is 0 Å². The third-order valence-corrected chi connectivity index (χ3v) is 6.14. The Balaban J connectivity index is 2.15. The highest BCUT2D eigenvalue weighted by Gasteiger charge is 1.93. The molecule has 0 saturated heterocycles. The summed E-state index contributed by atoms with van der Waals surface area (Å²) in [5.74, 6) is 4.54. The van der Waals surface area contributed by atoms with Gasteiger partial charge in [-0.25, -0.2) is 0 Å². The van der Waals surface area contributed by atoms with Crippen molar-refractivity contribution >= 4 is 35.0 Å². The maximum absolute atomic E-state index is 2.28. The highest BCUT2D eigenvalue weighted by Crippen LogP contribution is 2.23. The first-order valence-corrected chi connectivity index (χ1v) is 6.81. The fraction of sp³-hybridized carbons (Fsp3) is 0. The molecule has 0 radical (unpaired) electrons. The number of rotatable bonds is 2. The zero-order chi connectivity index (χ0) is 8.23. The van der Waals surface area contributed by atoms with Crippen molar-refractivity contribution in [1.82, 2.24) is 0 Å². The molecular formula is C9H9P3. The molecule has 1 aromatic carbocycles. The zero-order valence-corrected chi connectivity index (χ0v) is 9.38. The van der Waals surface area contributed by atoms with E-state index >= 15 is 0 Å². The summed E-state index contributed by atoms with van der Waals surface area (Å²) in [7, 11) is 3.32. The lowest BCUT2D eigenvalue weighted by molar-refractivity contribution is 1.78. The standard InChI is InChI=1S/C9H9P3/c1-2-4-8(5-3-1)12-9-10-6-7-11-9/h1-7,10,12H. The molecule has 0 N–H and O–H groups in total. The Bertz CT molecular complexity index is 326. The van der Waals surface area contributed by atoms with Crippen LogP contribution in [-0.4, -0.2) is 0 Å². The molecule has 2 rings (SSSR count). The minimum atomic E-state index is 0.912. The van der Waals surface area contributed by atoms with Crippen LogP contribution in [0, 0.1) is 0 Å². The quantitative estimate of drug-likeness (QED) is 0.668. The molecule has 0 nitrogen and oxygen atoms in total. The van der Waals surface area contributed by atoms with E-state index in [2.05, 4.69) is 41.9 Å². The van der Waals surface area contributed by atoms with Crippen LogP contribution >= 0.6 is 25.0 Å². The Labute approximate surface area is 77.4 Å². The van der Waals surface area contributed by atoms with E-state index in [1.807, 2.05) is 0 Å². The van der Waals surface area contributed by atoms with Gasteiger partial charge in [0.25, 0.3) is 0 Å². The van der Waals surface area contributed by atoms with Gasteiger partial charge >= 0.3 is 0 Å². The molecule has 60 valence electrons. The van der Waals surface area contributed by atoms with E-state index in [9.17, 15) is 0 Å². The van der Waals surface area contributed by atoms with Gasteiger partial charge in [0.1, 0.15) is 0 Å². The summed E-state index contributed by atoms with van der Waals surface area (Å²) in [4.78, 5) is 0. The number of hydrogen-bond donors (Lipinski definition) is 0. The summed E-state index contributed by atoms with van der Waals surface area (Å²) in [5.41, 5.74) is 0. The van der Waals surface area contributed by atoms with Crippen molar-refractivity contribution in [2.75, 3.05) is 0 Å². The van der Waals surface area contributed by atoms with E-state index in [0.717, 1.165) is 16.8 Å². The van der Waals surface area contributed by atoms with Gasteiger partial charge in [0, 0.05) is 4.77 Å². The minimum absolute atomic E-state index is 0.912. The summed E-state index contributed by atoms with van der Waals surface area (Å²) in [5, 5.41) is 1.47. The molecule has 2 unspecified atom stereocenters. The molecule has 2 aromatic rings. The van der Waals surface area contributed by atoms with Gasteiger partial charge in [-0.15, -0.1) is 8.19 Å². The molecule has 0 fully saturated rings. The first-order valence-electron chi connectivity index (χ1n) is 3.76. The third kappa shape index (κ3) is 2.18. The largest absolute Gasteiger partial charge is 0.127 e. The Hall–Kier alpha value is -0.140. The van der Waals surface area contributed by atoms with Crippen LogP contribution in [0.5, 0.6) is 0 Å². The average Bonchev–Trinajstić information content (AvgIpc) is 2.59. The second-order valence-corrected chi connectivity index (χ2v) is 7.22. The van der Waals surface area contributed by atoms with E-state index in [0.29, 0.717) is 0 Å². The van der Waals surface area contributed by atoms with Crippen LogP contribution in [0.1, 0.15) is 0 Å². The lowest BCUT2D eigenvalue weighted by atomic mass is 10.4. The fourth-order valence-corrected chi connectivity index (χ4v) is 5.11. The number of hydrogen-bond acceptors (Lipinski definition) is 0. The molecule has 0 amide bonds. The molecule has 2 atom stereocenters. The molecule has 12 heavy (non-hydrogen) atoms. The highest BCUT2D eigenvalue weighted by atomic mass is 31.1. The molecule has 0 bridgehead atoms. The molecule has 1 heterocycles. The van der Waals surface area contributed by atoms with Gasteiger partial charge in [0.05, 0.1) is 0 Å². The van der Waals surface area contributed by atoms with Crippen molar-refractivity contribution in [2.45, 2.75) is 0 Å². The average molecular weight is 210 g/mol. The smallest absolute Gasteiger partial charge is 0.0205 e. The molecular weight excluding hydrogens is 201 g/mol. The van der Waals surface area contributed by atoms with Gasteiger partial charge in [0.2, 0.25) is 0 Å². The highest BCUT2D eigenvalue weighted by molar-refractivity contribution is 7.78. The normalized spacial score (nSPS) is 12.3. The molecule has 3 heteroatoms. The minimum Gasteiger partial charge on any atom is -0.127 e. The van der Waals surface area contributed by atoms with Crippen LogP contribution in [0.15, 0.2) is 41.9 Å². The van der Waals surface area contributed by atoms with Crippen molar-refractivity contribution in [3.63, 3.8) is 0 Å². The van der Waals surface area contributed by atoms with Crippen LogP contribution in [0.2, 0.25) is 0 Å². The van der Waals surface area contributed by atoms with E-state index in [1.54, 1.807) is 4.77 Å². The van der Waals surface area contributed by atoms with Gasteiger partial charge in [-0.2, -0.15) is 0 Å². The van der Waals surface area contributed by atoms with Crippen molar-refractivity contribution < 1.29 is 0 Å². The van der Waals surface area contributed by atoms with Gasteiger partial charge < -0.3 is 0 Å². The lowest BCUT2D eigenvalue weighted by Crippen LogP contribution is -1.95. The molecule has 0 aliphatic rings. The van der Waals surface area contributed by atoms with Crippen LogP contribution in [-0.2, 0) is 0 Å². The first-order chi connectivity index (χ1) is 5.95. The Morgan fingerprint density at radius 3 is 2.67 bits per heavy atom. The predicted molar refractivity (Wildman–Crippen MR) is 62.5 cm³/mol. The molecule has 0 saturated carbocycles. The van der Waals surface area contributed by atoms with Gasteiger partial charge in [-0.05, 0) is 25.5 Å². The van der Waals surface area contributed by atoms with Crippen LogP contribution in [0.4, 0.5) is 0 Å². The Morgan fingerprint density at radius 2 is 2.00 bits per heavy atom. The zero-order valence-electron chi connectivity index (χ0n) is 6.49. The number of benzene rings is 1. The molecule has 0 aliphatic heterocycles. The second-order valence-electron chi connectivity index (χ2n) is 2.43. The summed E-state index contributed by atoms with van der Waals surface area (Å²) in [6.45, 7) is 0. The third-order valence-electron chi connectivity index (χ3n) is 1.53. The van der Waals surface area contributed by atoms with Crippen molar-refractivity contribution in [3.05, 3.63) is 41.9 Å². The maximum Gasteiger partial charge on any atom is 0.0205 e. The van der Waals surface area contributed by atoms with E-state index in [-0.39, 0.29) is 0 Å². The molecule has 1 aromatic heterocycles. The van der Waals surface area contributed by atoms with Gasteiger partial charge in [-0.1, -0.05) is 38.5 Å². The summed E-state index contributed by atoms with van der Waals surface area (Å²) >= 11 is 0. The second kappa shape index (κ2) is 4.20. The van der Waals surface area contributed by atoms with Crippen molar-refractivity contribution in [1.29, 1.82) is 0 Å². The lowest BCUT2D eigenvalue weighted by Gasteiger charge is -1.96. The van der Waals surface area contributed by atoms with Crippen LogP contribution in [0.3, 0.4) is 0 Å². The summed E-state index contributed by atoms with van der Waals surface area (Å²) in [6, 6.07) is 10.7. The van der Waals surface area contributed by atoms with Gasteiger partial charge in [0.15, 0.2) is 0 Å². The summed E-state index contributed by atoms with van der Waals surface area (Å²) < 4.78 is 1.67. The van der Waals surface area contributed by atoms with E-state index in [1.165, 1.54) is 13.5 Å². The topological polar surface area (TPSA) is 0 Å². The van der Waals surface area contributed by atoms with Crippen LogP contribution < -0.4 is 10.1 Å². The van der Waals surface area contributed by atoms with Crippen molar-refractivity contribution in [3.8, 4) is 0 Å². The molecule has 0 spiro atoms. The van der Waals surface area contributed by atoms with E-state index < -0.39 is 0 Å². The molecule has 0 aliphatic carbocycles. The Kier molecular flexibility index (Phi) is 2.96. The van der Waals surface area contributed by atoms with Crippen LogP contribution in [0.25, 0.3) is 0 Å². The Morgan fingerprint density at radius 1 is 1.17 bits per heavy atom. The monoisotopic (exact) mass is 210 g/mol. The van der Waals surface area contributed by atoms with Crippen molar-refractivity contribution in [2.24, 2.45) is 0 Å². The summed E-state index contributed by atoms with van der Waals surface area (Å²) in [6.07, 6.45) is 0. The maximum atomic E-state index is 2.28. The first kappa shape index (κ1) is 8.46. The fourth-order valence-electron chi connectivity index (χ4n) is 0.992. The SMILES string of the molecule is c1ccc(Pc2pcc[pH]2)cc1. The van der Waals surface area contributed by atoms with Gasteiger partial charge in [-0.3, -0.25) is 0 Å². The predicted octanol–water partition coefficient (Wildman–Crippen LogP) is 2.93.